The second kappa shape index (κ2) is 38.6. The number of anilines is 3. The van der Waals surface area contributed by atoms with Crippen molar-refractivity contribution in [1.82, 2.24) is 118 Å². The number of ether oxygens (including phenoxy) is 2. The van der Waals surface area contributed by atoms with Crippen molar-refractivity contribution in [3.63, 3.8) is 0 Å². The van der Waals surface area contributed by atoms with Crippen molar-refractivity contribution >= 4 is 86.0 Å². The van der Waals surface area contributed by atoms with Crippen LogP contribution in [0.2, 0.25) is 5.15 Å². The van der Waals surface area contributed by atoms with E-state index in [2.05, 4.69) is 103 Å². The molecule has 3 aliphatic carbocycles. The van der Waals surface area contributed by atoms with Crippen molar-refractivity contribution in [3.8, 4) is 97.0 Å². The van der Waals surface area contributed by atoms with Gasteiger partial charge in [-0.15, -0.1) is 0 Å². The Kier molecular flexibility index (Phi) is 26.7. The molecular weight excluding hydrogens is 1870 g/mol. The second-order valence-electron chi connectivity index (χ2n) is 37.9. The van der Waals surface area contributed by atoms with Gasteiger partial charge in [-0.2, -0.15) is 83.4 Å². The van der Waals surface area contributed by atoms with E-state index < -0.39 is 50.9 Å². The minimum atomic E-state index is -5.91. The van der Waals surface area contributed by atoms with Crippen LogP contribution in [0, 0.1) is 80.8 Å². The fourth-order valence-electron chi connectivity index (χ4n) is 17.7. The zero-order valence-corrected chi connectivity index (χ0v) is 80.9. The normalized spacial score (nSPS) is 19.7. The van der Waals surface area contributed by atoms with Crippen LogP contribution < -0.4 is 40.7 Å². The van der Waals surface area contributed by atoms with Crippen LogP contribution in [0.15, 0.2) is 161 Å². The number of carbonyl (C=O) groups is 2. The van der Waals surface area contributed by atoms with Gasteiger partial charge in [0, 0.05) is 221 Å². The summed E-state index contributed by atoms with van der Waals surface area (Å²) in [6.07, 6.45) is 36.7. The summed E-state index contributed by atoms with van der Waals surface area (Å²) < 4.78 is 107. The Morgan fingerprint density at radius 3 is 1.12 bits per heavy atom. The van der Waals surface area contributed by atoms with E-state index >= 15 is 0 Å². The molecule has 142 heavy (non-hydrogen) atoms. The molecule has 0 spiro atoms. The summed E-state index contributed by atoms with van der Waals surface area (Å²) in [4.78, 5) is 57.5. The first-order chi connectivity index (χ1) is 67.4. The maximum Gasteiger partial charge on any atom is 0.534 e. The van der Waals surface area contributed by atoms with Gasteiger partial charge < -0.3 is 54.0 Å². The summed E-state index contributed by atoms with van der Waals surface area (Å²) in [7, 11) is 0.764. The van der Waals surface area contributed by atoms with E-state index in [4.69, 9.17) is 57.7 Å². The number of halogens is 4. The van der Waals surface area contributed by atoms with E-state index in [1.165, 1.54) is 17.1 Å². The number of carbonyl (C=O) groups excluding carboxylic acids is 2. The highest BCUT2D eigenvalue weighted by molar-refractivity contribution is 7.88. The highest BCUT2D eigenvalue weighted by Gasteiger charge is 2.59. The van der Waals surface area contributed by atoms with Crippen molar-refractivity contribution < 1.29 is 55.5 Å². The molecule has 22 rings (SSSR count). The number of nitriles is 4. The molecule has 0 bridgehead atoms. The minimum Gasteiger partial charge on any atom is -0.444 e. The van der Waals surface area contributed by atoms with E-state index in [1.54, 1.807) is 128 Å². The fraction of sp³-hybridized carbons (Fsp3) is 0.389. The number of nitrogens with zero attached hydrogens (tertiary/aromatic N) is 29. The predicted molar refractivity (Wildman–Crippen MR) is 519 cm³/mol. The van der Waals surface area contributed by atoms with Crippen molar-refractivity contribution in [2.75, 3.05) is 54.0 Å². The number of pyridine rings is 4. The molecule has 3 saturated carbocycles. The quantitative estimate of drug-likeness (QED) is 0.0517. The molecule has 15 aromatic heterocycles. The third-order valence-electron chi connectivity index (χ3n) is 25.5. The summed E-state index contributed by atoms with van der Waals surface area (Å²) in [5.41, 5.74) is 12.0. The monoisotopic (exact) mass is 1970 g/mol. The van der Waals surface area contributed by atoms with Crippen LogP contribution in [-0.2, 0) is 57.1 Å². The Balaban J connectivity index is 0.000000129. The molecule has 47 heteroatoms. The van der Waals surface area contributed by atoms with Crippen LogP contribution >= 0.6 is 11.6 Å². The third kappa shape index (κ3) is 20.6. The van der Waals surface area contributed by atoms with E-state index in [-0.39, 0.29) is 42.8 Å². The molecule has 0 radical (unpaired) electrons. The lowest BCUT2D eigenvalue weighted by Crippen LogP contribution is -2.41. The average Bonchev–Trinajstić information content (AvgIpc) is 1.60. The molecule has 2 amide bonds. The lowest BCUT2D eigenvalue weighted by molar-refractivity contribution is -0.0499. The molecule has 7 aliphatic rings. The van der Waals surface area contributed by atoms with Crippen molar-refractivity contribution in [2.24, 2.45) is 69.4 Å². The molecular formula is C95H103BClF3N32O9S. The summed E-state index contributed by atoms with van der Waals surface area (Å²) in [6, 6.07) is 16.2. The molecule has 4 saturated heterocycles. The number of nitrogens with one attached hydrogen (secondary N) is 2. The molecule has 19 heterocycles. The molecule has 4 N–H and O–H groups in total. The van der Waals surface area contributed by atoms with Gasteiger partial charge in [0.15, 0.2) is 5.75 Å². The number of alkyl carbamates (subject to hydrolysis) is 2. The minimum absolute atomic E-state index is 0. The zero-order valence-electron chi connectivity index (χ0n) is 80.4. The van der Waals surface area contributed by atoms with Crippen LogP contribution in [-0.4, -0.2) is 221 Å². The SMILES string of the molecule is C.CC(C)(C)OC(=O)NC1[C@H]2CN(c3cnc(Cl)cn3)C[C@@H]12.Cn1cc(-c2cc(-c3cnc(N4C[C@@H]5C(N)[C@@H]5C4)cn3)c3c(C#N)cnn3c2)cn1.Cn1cc(-c2cc(-c3cnc(N4C[C@@H]5C(NC(=O)OC(C)(C)C)[C@@H]5C4)cn3)c3c(C#N)cnn3c2)cn1.Cn1cc(-c2cc(B3OC(C)(C)C(C)(C)O3)c3c(C#N)cnn3c2)cn1.Cn1cc(-c2cc(OS(=O)(=O)C(F)(F)F)c3c(C#N)cnn3c2)cn1.[2H]CC. The Morgan fingerprint density at radius 2 is 0.796 bits per heavy atom. The first kappa shape index (κ1) is 98.1. The van der Waals surface area contributed by atoms with Crippen molar-refractivity contribution in [1.29, 1.82) is 21.0 Å². The highest BCUT2D eigenvalue weighted by atomic mass is 35.5. The molecule has 15 aromatic rings. The predicted octanol–water partition coefficient (Wildman–Crippen LogP) is 12.0. The lowest BCUT2D eigenvalue weighted by atomic mass is 9.77. The second-order valence-corrected chi connectivity index (χ2v) is 39.9. The van der Waals surface area contributed by atoms with Gasteiger partial charge in [0.1, 0.15) is 69.2 Å². The molecule has 4 aliphatic heterocycles. The third-order valence-corrected chi connectivity index (χ3v) is 26.6. The first-order valence-corrected chi connectivity index (χ1v) is 46.6. The van der Waals surface area contributed by atoms with Gasteiger partial charge in [-0.05, 0) is 99.3 Å². The molecule has 41 nitrogen and oxygen atoms in total. The van der Waals surface area contributed by atoms with E-state index in [1.807, 2.05) is 146 Å². The number of aryl methyl sites for hydroxylation is 4. The number of rotatable bonds is 14. The Hall–Kier alpha value is -15.5. The van der Waals surface area contributed by atoms with Crippen molar-refractivity contribution in [3.05, 3.63) is 188 Å². The number of nitrogens with two attached hydrogens (primary N) is 1. The zero-order chi connectivity index (χ0) is 101. The Morgan fingerprint density at radius 1 is 0.472 bits per heavy atom. The number of aromatic nitrogens is 22. The topological polar surface area (TPSA) is 487 Å². The maximum atomic E-state index is 12.6. The number of amides is 2. The standard InChI is InChI=1S/C26H27N9O2.C21H19N9.C18H20BN5O2.C14H19ClN4O2.C13H8F3N5O3S.C2H6.CH4/c1-26(2,3)37-25(36)32-23-19-13-34(14-20(19)23)22-10-28-21(9-29-22)18-5-15(17-8-30-33(4)11-17)12-35-24(18)16(6-27)7-31-35;1-28-8-14(5-26-28)12-2-15(21-13(3-22)4-27-30(21)9-12)18-6-25-19(7-24-18)29-10-16-17(11-29)20(16)23;1-17(2)18(3,4)26-19(25-17)15-6-12(14-9-21-23(5)10-14)11-24-16(15)13(7-20)8-22-24;1-14(2,3)21-13(20)18-12-8-6-19(7-9(8)12)11-5-16-10(15)4-17-11;1-20-6-10(5-18-20)8-2-11(24-25(22,23)13(14,15)16)12-9(3-17)4-19-21(12)7-8;1-2;/h5,7-12,19-20,23H,13-14H2,1-4H3,(H,32,36);2,4-9,16-17,20H,10-11,23H2,1H3;6,8-11H,1-5H3;4-5,8-9,12H,6-7H2,1-3H3,(H,18,20);2,4-7H,1H3;1-2H3;1H4/t19-,20+,23?;16-,17+,20?;;8-,9+,12?;;;/i;;;;;1D;. The highest BCUT2D eigenvalue weighted by Crippen LogP contribution is 2.50. The molecule has 7 fully saturated rings. The number of fused-ring (bicyclic) bond motifs is 7. The van der Waals surface area contributed by atoms with Gasteiger partial charge in [-0.25, -0.2) is 47.6 Å². The van der Waals surface area contributed by atoms with E-state index in [0.717, 1.165) is 129 Å². The Bertz CT molecular complexity index is 7560. The van der Waals surface area contributed by atoms with Crippen LogP contribution in [0.3, 0.4) is 0 Å². The number of alkyl halides is 3. The van der Waals surface area contributed by atoms with Gasteiger partial charge in [0.05, 0.1) is 143 Å². The number of hydrogen-bond donors (Lipinski definition) is 3. The average molecular weight is 1970 g/mol. The largest absolute Gasteiger partial charge is 0.534 e. The lowest BCUT2D eigenvalue weighted by Gasteiger charge is -2.32. The van der Waals surface area contributed by atoms with Gasteiger partial charge in [-0.1, -0.05) is 38.9 Å². The van der Waals surface area contributed by atoms with E-state index in [0.29, 0.717) is 104 Å². The van der Waals surface area contributed by atoms with Crippen LogP contribution in [0.4, 0.5) is 40.2 Å². The van der Waals surface area contributed by atoms with Gasteiger partial charge in [0.25, 0.3) is 0 Å². The molecule has 3 unspecified atom stereocenters. The molecule has 9 atom stereocenters. The number of hydrogen-bond acceptors (Lipinski definition) is 31. The first-order valence-electron chi connectivity index (χ1n) is 45.5. The van der Waals surface area contributed by atoms with Gasteiger partial charge >= 0.3 is 34.9 Å². The van der Waals surface area contributed by atoms with Crippen molar-refractivity contribution in [2.45, 2.75) is 137 Å². The van der Waals surface area contributed by atoms with E-state index in [9.17, 15) is 47.0 Å². The van der Waals surface area contributed by atoms with Gasteiger partial charge in [0.2, 0.25) is 0 Å². The number of piperidine rings is 3. The summed E-state index contributed by atoms with van der Waals surface area (Å²) >= 11 is 5.74. The molecule has 0 aromatic carbocycles. The fourth-order valence-corrected chi connectivity index (χ4v) is 18.3. The summed E-state index contributed by atoms with van der Waals surface area (Å²) in [5, 5.41) is 77.7. The van der Waals surface area contributed by atoms with Gasteiger partial charge in [-0.3, -0.25) is 28.7 Å². The summed E-state index contributed by atoms with van der Waals surface area (Å²) in [6.45, 7) is 26.8. The Labute approximate surface area is 821 Å². The van der Waals surface area contributed by atoms with Crippen LogP contribution in [0.1, 0.15) is 114 Å². The summed E-state index contributed by atoms with van der Waals surface area (Å²) in [5.74, 6) is 4.72. The van der Waals surface area contributed by atoms with Crippen LogP contribution in [0.25, 0.3) is 89.1 Å². The smallest absolute Gasteiger partial charge is 0.444 e. The maximum absolute atomic E-state index is 12.6. The molecule has 734 valence electrons. The van der Waals surface area contributed by atoms with Crippen LogP contribution in [0.5, 0.6) is 5.75 Å².